The van der Waals surface area contributed by atoms with E-state index in [0.29, 0.717) is 11.4 Å². The van der Waals surface area contributed by atoms with Crippen LogP contribution in [0, 0.1) is 13.8 Å². The summed E-state index contributed by atoms with van der Waals surface area (Å²) in [6, 6.07) is 0. The Labute approximate surface area is 78.9 Å². The topological polar surface area (TPSA) is 46.0 Å². The van der Waals surface area contributed by atoms with Crippen LogP contribution in [0.25, 0.3) is 0 Å². The lowest BCUT2D eigenvalue weighted by molar-refractivity contribution is 0.457. The van der Waals surface area contributed by atoms with Crippen LogP contribution >= 0.6 is 0 Å². The Hall–Kier alpha value is -1.12. The van der Waals surface area contributed by atoms with Crippen LogP contribution in [0.15, 0.2) is 0 Å². The molecule has 0 aliphatic rings. The minimum absolute atomic E-state index is 0.222. The SMILES string of the molecule is CCCCc1nc(C)c(O)c(C)n1. The summed E-state index contributed by atoms with van der Waals surface area (Å²) in [4.78, 5) is 8.42. The van der Waals surface area contributed by atoms with E-state index in [1.54, 1.807) is 13.8 Å². The molecule has 1 aromatic rings. The lowest BCUT2D eigenvalue weighted by atomic mass is 10.2. The Morgan fingerprint density at radius 1 is 1.15 bits per heavy atom. The smallest absolute Gasteiger partial charge is 0.158 e. The van der Waals surface area contributed by atoms with E-state index in [-0.39, 0.29) is 5.75 Å². The zero-order valence-corrected chi connectivity index (χ0v) is 8.46. The molecule has 1 rings (SSSR count). The van der Waals surface area contributed by atoms with Gasteiger partial charge in [0.05, 0.1) is 11.4 Å². The summed E-state index contributed by atoms with van der Waals surface area (Å²) in [6.07, 6.45) is 3.14. The van der Waals surface area contributed by atoms with Gasteiger partial charge in [-0.05, 0) is 20.3 Å². The number of aryl methyl sites for hydroxylation is 3. The highest BCUT2D eigenvalue weighted by Gasteiger charge is 2.05. The van der Waals surface area contributed by atoms with E-state index in [1.165, 1.54) is 0 Å². The maximum atomic E-state index is 9.43. The number of unbranched alkanes of at least 4 members (excludes halogenated alkanes) is 1. The number of aromatic nitrogens is 2. The van der Waals surface area contributed by atoms with Crippen molar-refractivity contribution in [1.82, 2.24) is 9.97 Å². The van der Waals surface area contributed by atoms with Gasteiger partial charge in [0.15, 0.2) is 5.75 Å². The number of rotatable bonds is 3. The third kappa shape index (κ3) is 2.41. The Balaban J connectivity index is 2.86. The molecule has 0 amide bonds. The van der Waals surface area contributed by atoms with Gasteiger partial charge in [-0.2, -0.15) is 0 Å². The maximum absolute atomic E-state index is 9.43. The van der Waals surface area contributed by atoms with E-state index < -0.39 is 0 Å². The molecule has 0 saturated carbocycles. The van der Waals surface area contributed by atoms with Crippen LogP contribution in [0.4, 0.5) is 0 Å². The van der Waals surface area contributed by atoms with Gasteiger partial charge in [-0.25, -0.2) is 9.97 Å². The molecule has 0 aromatic carbocycles. The second-order valence-corrected chi connectivity index (χ2v) is 3.26. The Kier molecular flexibility index (Phi) is 3.23. The summed E-state index contributed by atoms with van der Waals surface area (Å²) >= 11 is 0. The first-order valence-electron chi connectivity index (χ1n) is 4.68. The van der Waals surface area contributed by atoms with E-state index in [0.717, 1.165) is 25.1 Å². The average Bonchev–Trinajstić information content (AvgIpc) is 2.10. The highest BCUT2D eigenvalue weighted by Crippen LogP contribution is 2.17. The fourth-order valence-corrected chi connectivity index (χ4v) is 1.23. The fourth-order valence-electron chi connectivity index (χ4n) is 1.23. The van der Waals surface area contributed by atoms with Crippen LogP contribution in [0.3, 0.4) is 0 Å². The molecule has 3 nitrogen and oxygen atoms in total. The van der Waals surface area contributed by atoms with Crippen molar-refractivity contribution in [2.45, 2.75) is 40.0 Å². The van der Waals surface area contributed by atoms with E-state index in [4.69, 9.17) is 0 Å². The first-order valence-corrected chi connectivity index (χ1v) is 4.68. The van der Waals surface area contributed by atoms with Crippen LogP contribution in [0.2, 0.25) is 0 Å². The molecule has 0 unspecified atom stereocenters. The van der Waals surface area contributed by atoms with Gasteiger partial charge in [0.2, 0.25) is 0 Å². The fraction of sp³-hybridized carbons (Fsp3) is 0.600. The molecule has 0 fully saturated rings. The summed E-state index contributed by atoms with van der Waals surface area (Å²) in [5, 5.41) is 9.43. The van der Waals surface area contributed by atoms with Crippen molar-refractivity contribution in [3.63, 3.8) is 0 Å². The van der Waals surface area contributed by atoms with Gasteiger partial charge < -0.3 is 5.11 Å². The monoisotopic (exact) mass is 180 g/mol. The molecule has 72 valence electrons. The van der Waals surface area contributed by atoms with Gasteiger partial charge in [-0.15, -0.1) is 0 Å². The highest BCUT2D eigenvalue weighted by atomic mass is 16.3. The largest absolute Gasteiger partial charge is 0.504 e. The summed E-state index contributed by atoms with van der Waals surface area (Å²) in [5.41, 5.74) is 1.36. The zero-order valence-electron chi connectivity index (χ0n) is 8.46. The van der Waals surface area contributed by atoms with Crippen molar-refractivity contribution >= 4 is 0 Å². The molecule has 1 heterocycles. The molecule has 1 aromatic heterocycles. The number of aromatic hydroxyl groups is 1. The predicted octanol–water partition coefficient (Wildman–Crippen LogP) is 2.14. The molecule has 13 heavy (non-hydrogen) atoms. The lowest BCUT2D eigenvalue weighted by Crippen LogP contribution is -1.99. The number of nitrogens with zero attached hydrogens (tertiary/aromatic N) is 2. The van der Waals surface area contributed by atoms with E-state index >= 15 is 0 Å². The lowest BCUT2D eigenvalue weighted by Gasteiger charge is -2.04. The minimum Gasteiger partial charge on any atom is -0.504 e. The van der Waals surface area contributed by atoms with Crippen molar-refractivity contribution in [2.24, 2.45) is 0 Å². The molecule has 0 atom stereocenters. The number of hydrogen-bond acceptors (Lipinski definition) is 3. The predicted molar refractivity (Wildman–Crippen MR) is 51.8 cm³/mol. The average molecular weight is 180 g/mol. The Morgan fingerprint density at radius 3 is 2.15 bits per heavy atom. The first-order chi connectivity index (χ1) is 6.15. The van der Waals surface area contributed by atoms with Gasteiger partial charge in [0.25, 0.3) is 0 Å². The van der Waals surface area contributed by atoms with Crippen molar-refractivity contribution in [2.75, 3.05) is 0 Å². The molecule has 3 heteroatoms. The normalized spacial score (nSPS) is 10.4. The van der Waals surface area contributed by atoms with E-state index in [9.17, 15) is 5.11 Å². The summed E-state index contributed by atoms with van der Waals surface area (Å²) in [5.74, 6) is 1.06. The van der Waals surface area contributed by atoms with E-state index in [2.05, 4.69) is 16.9 Å². The molecule has 0 bridgehead atoms. The third-order valence-corrected chi connectivity index (χ3v) is 2.03. The second kappa shape index (κ2) is 4.21. The molecule has 0 aliphatic heterocycles. The standard InChI is InChI=1S/C10H16N2O/c1-4-5-6-9-11-7(2)10(13)8(3)12-9/h13H,4-6H2,1-3H3. The summed E-state index contributed by atoms with van der Waals surface area (Å²) < 4.78 is 0. The van der Waals surface area contributed by atoms with Gasteiger partial charge >= 0.3 is 0 Å². The maximum Gasteiger partial charge on any atom is 0.158 e. The van der Waals surface area contributed by atoms with Crippen molar-refractivity contribution in [3.8, 4) is 5.75 Å². The highest BCUT2D eigenvalue weighted by molar-refractivity contribution is 5.29. The minimum atomic E-state index is 0.222. The number of hydrogen-bond donors (Lipinski definition) is 1. The summed E-state index contributed by atoms with van der Waals surface area (Å²) in [7, 11) is 0. The Bertz CT molecular complexity index is 274. The van der Waals surface area contributed by atoms with Crippen molar-refractivity contribution in [1.29, 1.82) is 0 Å². The quantitative estimate of drug-likeness (QED) is 0.775. The first kappa shape index (κ1) is 9.96. The van der Waals surface area contributed by atoms with Gasteiger partial charge in [0, 0.05) is 6.42 Å². The third-order valence-electron chi connectivity index (χ3n) is 2.03. The molecular weight excluding hydrogens is 164 g/mol. The van der Waals surface area contributed by atoms with Crippen LogP contribution in [0.5, 0.6) is 5.75 Å². The second-order valence-electron chi connectivity index (χ2n) is 3.26. The zero-order chi connectivity index (χ0) is 9.84. The van der Waals surface area contributed by atoms with Gasteiger partial charge in [-0.3, -0.25) is 0 Å². The molecule has 1 N–H and O–H groups in total. The molecule has 0 spiro atoms. The molecule has 0 radical (unpaired) electrons. The molecule has 0 saturated heterocycles. The van der Waals surface area contributed by atoms with Gasteiger partial charge in [0.1, 0.15) is 5.82 Å². The van der Waals surface area contributed by atoms with Crippen LogP contribution in [-0.4, -0.2) is 15.1 Å². The summed E-state index contributed by atoms with van der Waals surface area (Å²) in [6.45, 7) is 5.75. The molecular formula is C10H16N2O. The van der Waals surface area contributed by atoms with E-state index in [1.807, 2.05) is 0 Å². The molecule has 0 aliphatic carbocycles. The van der Waals surface area contributed by atoms with Crippen LogP contribution < -0.4 is 0 Å². The Morgan fingerprint density at radius 2 is 1.69 bits per heavy atom. The van der Waals surface area contributed by atoms with Crippen molar-refractivity contribution < 1.29 is 5.11 Å². The van der Waals surface area contributed by atoms with Gasteiger partial charge in [-0.1, -0.05) is 13.3 Å². The van der Waals surface area contributed by atoms with Crippen molar-refractivity contribution in [3.05, 3.63) is 17.2 Å². The van der Waals surface area contributed by atoms with Crippen LogP contribution in [-0.2, 0) is 6.42 Å². The van der Waals surface area contributed by atoms with Crippen LogP contribution in [0.1, 0.15) is 37.0 Å².